The van der Waals surface area contributed by atoms with E-state index in [2.05, 4.69) is 15.2 Å². The number of nitrogens with one attached hydrogen (secondary N) is 1. The Morgan fingerprint density at radius 2 is 1.68 bits per heavy atom. The molecule has 0 fully saturated rings. The summed E-state index contributed by atoms with van der Waals surface area (Å²) in [5, 5.41) is 8.36. The summed E-state index contributed by atoms with van der Waals surface area (Å²) in [5.74, 6) is 3.01. The minimum atomic E-state index is -0.343. The number of amidine groups is 2. The third-order valence-electron chi connectivity index (χ3n) is 7.12. The number of hydrogen-bond acceptors (Lipinski definition) is 7. The number of rotatable bonds is 5. The molecule has 2 aromatic heterocycles. The summed E-state index contributed by atoms with van der Waals surface area (Å²) in [4.78, 5) is 16.9. The number of aryl methyl sites for hydroxylation is 1. The summed E-state index contributed by atoms with van der Waals surface area (Å²) >= 11 is 0. The van der Waals surface area contributed by atoms with Crippen LogP contribution in [0.15, 0.2) is 107 Å². The summed E-state index contributed by atoms with van der Waals surface area (Å²) in [6.45, 7) is 4.52. The van der Waals surface area contributed by atoms with E-state index in [4.69, 9.17) is 19.8 Å². The van der Waals surface area contributed by atoms with Crippen LogP contribution in [0.25, 0.3) is 5.82 Å². The van der Waals surface area contributed by atoms with Gasteiger partial charge in [-0.25, -0.2) is 19.4 Å². The van der Waals surface area contributed by atoms with Gasteiger partial charge < -0.3 is 15.0 Å². The maximum absolute atomic E-state index is 14.1. The summed E-state index contributed by atoms with van der Waals surface area (Å²) in [6.07, 6.45) is 1.73. The van der Waals surface area contributed by atoms with Gasteiger partial charge in [0.25, 0.3) is 0 Å². The van der Waals surface area contributed by atoms with Crippen molar-refractivity contribution in [2.45, 2.75) is 19.9 Å². The number of fused-ring (bicyclic) bond motifs is 4. The fourth-order valence-corrected chi connectivity index (χ4v) is 5.33. The van der Waals surface area contributed by atoms with Gasteiger partial charge in [-0.3, -0.25) is 0 Å². The molecule has 8 nitrogen and oxygen atoms in total. The first kappa shape index (κ1) is 24.7. The molecule has 5 aromatic rings. The van der Waals surface area contributed by atoms with Crippen molar-refractivity contribution in [3.63, 3.8) is 0 Å². The second kappa shape index (κ2) is 10.0. The van der Waals surface area contributed by atoms with E-state index in [0.29, 0.717) is 29.9 Å². The number of aliphatic imine (C=N–C) groups is 2. The van der Waals surface area contributed by atoms with E-state index in [9.17, 15) is 4.39 Å². The summed E-state index contributed by atoms with van der Waals surface area (Å²) < 4.78 is 21.5. The predicted molar refractivity (Wildman–Crippen MR) is 159 cm³/mol. The highest BCUT2D eigenvalue weighted by Gasteiger charge is 2.41. The van der Waals surface area contributed by atoms with Crippen LogP contribution in [-0.2, 0) is 0 Å². The molecule has 0 radical (unpaired) electrons. The Morgan fingerprint density at radius 3 is 2.44 bits per heavy atom. The lowest BCUT2D eigenvalue weighted by atomic mass is 9.93. The van der Waals surface area contributed by atoms with Crippen LogP contribution in [0, 0.1) is 12.7 Å². The quantitative estimate of drug-likeness (QED) is 0.261. The highest BCUT2D eigenvalue weighted by atomic mass is 19.1. The van der Waals surface area contributed by atoms with Crippen molar-refractivity contribution in [2.75, 3.05) is 16.8 Å². The average Bonchev–Trinajstić information content (AvgIpc) is 3.34. The Labute approximate surface area is 236 Å². The van der Waals surface area contributed by atoms with Crippen molar-refractivity contribution >= 4 is 34.6 Å². The number of anilines is 2. The third kappa shape index (κ3) is 4.31. The van der Waals surface area contributed by atoms with Crippen molar-refractivity contribution in [3.05, 3.63) is 120 Å². The Hall–Kier alpha value is -5.31. The molecule has 0 saturated heterocycles. The van der Waals surface area contributed by atoms with Gasteiger partial charge in [-0.15, -0.1) is 0 Å². The number of nitrogens with zero attached hydrogens (tertiary/aromatic N) is 6. The second-order valence-corrected chi connectivity index (χ2v) is 9.71. The monoisotopic (exact) mass is 543 g/mol. The molecule has 2 aliphatic rings. The van der Waals surface area contributed by atoms with Crippen LogP contribution in [0.3, 0.4) is 0 Å². The first-order valence-corrected chi connectivity index (χ1v) is 13.4. The highest BCUT2D eigenvalue weighted by molar-refractivity contribution is 6.51. The number of benzene rings is 3. The lowest BCUT2D eigenvalue weighted by molar-refractivity contribution is 0.340. The largest absolute Gasteiger partial charge is 0.494 e. The Balaban J connectivity index is 1.44. The van der Waals surface area contributed by atoms with Gasteiger partial charge in [0.2, 0.25) is 0 Å². The molecule has 0 bridgehead atoms. The van der Waals surface area contributed by atoms with Crippen LogP contribution in [0.1, 0.15) is 29.8 Å². The zero-order valence-electron chi connectivity index (χ0n) is 22.5. The zero-order valence-corrected chi connectivity index (χ0v) is 22.5. The van der Waals surface area contributed by atoms with Crippen molar-refractivity contribution in [2.24, 2.45) is 9.98 Å². The maximum atomic E-state index is 14.1. The summed E-state index contributed by atoms with van der Waals surface area (Å²) in [5.41, 5.74) is 5.17. The van der Waals surface area contributed by atoms with Crippen LogP contribution < -0.4 is 15.0 Å². The summed E-state index contributed by atoms with van der Waals surface area (Å²) in [6, 6.07) is 27.7. The van der Waals surface area contributed by atoms with Crippen LogP contribution in [0.5, 0.6) is 5.75 Å². The predicted octanol–water partition coefficient (Wildman–Crippen LogP) is 6.91. The average molecular weight is 544 g/mol. The van der Waals surface area contributed by atoms with Gasteiger partial charge in [-0.1, -0.05) is 30.3 Å². The lowest BCUT2D eigenvalue weighted by Gasteiger charge is -2.40. The zero-order chi connectivity index (χ0) is 27.9. The van der Waals surface area contributed by atoms with Gasteiger partial charge in [-0.05, 0) is 80.1 Å². The molecule has 3 aromatic carbocycles. The number of hydrogen-bond donors (Lipinski definition) is 1. The van der Waals surface area contributed by atoms with Crippen molar-refractivity contribution in [3.8, 4) is 11.6 Å². The number of pyridine rings is 1. The van der Waals surface area contributed by atoms with Crippen LogP contribution in [0.4, 0.5) is 27.3 Å². The molecule has 0 aliphatic carbocycles. The van der Waals surface area contributed by atoms with E-state index >= 15 is 0 Å². The molecule has 9 heteroatoms. The third-order valence-corrected chi connectivity index (χ3v) is 7.12. The molecule has 41 heavy (non-hydrogen) atoms. The Kier molecular flexibility index (Phi) is 6.04. The van der Waals surface area contributed by atoms with Gasteiger partial charge in [0.1, 0.15) is 11.6 Å². The number of halogens is 1. The normalized spacial score (nSPS) is 15.3. The van der Waals surface area contributed by atoms with Gasteiger partial charge in [0, 0.05) is 17.4 Å². The number of ether oxygens (including phenoxy) is 1. The van der Waals surface area contributed by atoms with Crippen LogP contribution in [-0.4, -0.2) is 33.0 Å². The molecule has 202 valence electrons. The van der Waals surface area contributed by atoms with Gasteiger partial charge >= 0.3 is 0 Å². The maximum Gasteiger partial charge on any atom is 0.179 e. The molecule has 0 spiro atoms. The number of para-hydroxylation sites is 2. The molecular formula is C32H26FN7O. The molecule has 4 heterocycles. The smallest absolute Gasteiger partial charge is 0.179 e. The van der Waals surface area contributed by atoms with E-state index in [1.165, 1.54) is 12.1 Å². The first-order valence-electron chi connectivity index (χ1n) is 13.4. The van der Waals surface area contributed by atoms with Gasteiger partial charge in [0.15, 0.2) is 23.3 Å². The molecule has 1 atom stereocenters. The molecule has 7 rings (SSSR count). The second-order valence-electron chi connectivity index (χ2n) is 9.71. The van der Waals surface area contributed by atoms with E-state index in [1.54, 1.807) is 10.9 Å². The number of aromatic nitrogens is 3. The van der Waals surface area contributed by atoms with Crippen molar-refractivity contribution in [1.29, 1.82) is 0 Å². The minimum Gasteiger partial charge on any atom is -0.494 e. The SMILES string of the molecule is CCOc1ccc(NC2=Nc3ccccc3N3C2=Nc2c(c(C)nn2-c2ccccn2)[C@@H]3c2ccc(F)cc2)cc1. The molecule has 1 N–H and O–H groups in total. The Morgan fingerprint density at radius 1 is 0.902 bits per heavy atom. The molecule has 0 saturated carbocycles. The molecule has 0 unspecified atom stereocenters. The van der Waals surface area contributed by atoms with E-state index in [1.807, 2.05) is 92.7 Å². The van der Waals surface area contributed by atoms with Gasteiger partial charge in [0.05, 0.1) is 29.7 Å². The fraction of sp³-hybridized carbons (Fsp3) is 0.125. The van der Waals surface area contributed by atoms with Crippen LogP contribution in [0.2, 0.25) is 0 Å². The highest BCUT2D eigenvalue weighted by Crippen LogP contribution is 2.48. The van der Waals surface area contributed by atoms with E-state index in [-0.39, 0.29) is 11.9 Å². The Bertz CT molecular complexity index is 1790. The lowest BCUT2D eigenvalue weighted by Crippen LogP contribution is -2.46. The summed E-state index contributed by atoms with van der Waals surface area (Å²) in [7, 11) is 0. The standard InChI is InChI=1S/C32H26FN7O/c1-3-41-24-17-15-23(16-18-24)35-30-32-37-31-28(20(2)38-40(31)27-10-6-7-19-34-27)29(21-11-13-22(33)14-12-21)39(32)26-9-5-4-8-25(26)36-30/h4-19,29H,3H2,1-2H3,(H,35,36)/t29-/m0/s1. The van der Waals surface area contributed by atoms with E-state index in [0.717, 1.165) is 39.6 Å². The molecule has 0 amide bonds. The van der Waals surface area contributed by atoms with E-state index < -0.39 is 0 Å². The first-order chi connectivity index (χ1) is 20.1. The molecular weight excluding hydrogens is 517 g/mol. The fourth-order valence-electron chi connectivity index (χ4n) is 5.33. The van der Waals surface area contributed by atoms with Crippen molar-refractivity contribution < 1.29 is 9.13 Å². The molecule has 2 aliphatic heterocycles. The topological polar surface area (TPSA) is 79.9 Å². The minimum absolute atomic E-state index is 0.293. The van der Waals surface area contributed by atoms with Crippen molar-refractivity contribution in [1.82, 2.24) is 14.8 Å². The van der Waals surface area contributed by atoms with Crippen LogP contribution >= 0.6 is 0 Å². The van der Waals surface area contributed by atoms with Gasteiger partial charge in [-0.2, -0.15) is 9.78 Å².